The van der Waals surface area contributed by atoms with E-state index in [-0.39, 0.29) is 17.1 Å². The van der Waals surface area contributed by atoms with Crippen molar-refractivity contribution < 1.29 is 17.9 Å². The summed E-state index contributed by atoms with van der Waals surface area (Å²) in [5.41, 5.74) is 5.68. The summed E-state index contributed by atoms with van der Waals surface area (Å²) < 4.78 is 45.4. The molecular weight excluding hydrogens is 349 g/mol. The van der Waals surface area contributed by atoms with Crippen molar-refractivity contribution in [2.24, 2.45) is 4.99 Å². The molecule has 3 rings (SSSR count). The lowest BCUT2D eigenvalue weighted by atomic mass is 10.1. The van der Waals surface area contributed by atoms with Crippen LogP contribution in [0.5, 0.6) is 5.75 Å². The molecule has 1 aromatic heterocycles. The summed E-state index contributed by atoms with van der Waals surface area (Å²) in [5.74, 6) is 0.927. The van der Waals surface area contributed by atoms with Crippen LogP contribution in [0.2, 0.25) is 0 Å². The van der Waals surface area contributed by atoms with Gasteiger partial charge >= 0.3 is 6.18 Å². The lowest BCUT2D eigenvalue weighted by Gasteiger charge is -2.10. The number of hydrazine groups is 1. The second kappa shape index (κ2) is 6.90. The van der Waals surface area contributed by atoms with Crippen molar-refractivity contribution in [3.63, 3.8) is 0 Å². The molecule has 1 aromatic carbocycles. The molecule has 0 atom stereocenters. The Balaban J connectivity index is 1.87. The first-order valence-electron chi connectivity index (χ1n) is 7.48. The average Bonchev–Trinajstić information content (AvgIpc) is 3.08. The number of allylic oxidation sites excluding steroid dienone is 1. The van der Waals surface area contributed by atoms with Gasteiger partial charge in [0.15, 0.2) is 5.82 Å². The number of nitrogens with zero attached hydrogens (tertiary/aromatic N) is 4. The van der Waals surface area contributed by atoms with Crippen LogP contribution in [0, 0.1) is 0 Å². The second-order valence-corrected chi connectivity index (χ2v) is 5.35. The molecular formula is C16H15F3N6O. The van der Waals surface area contributed by atoms with E-state index in [1.807, 2.05) is 0 Å². The predicted octanol–water partition coefficient (Wildman–Crippen LogP) is 2.81. The van der Waals surface area contributed by atoms with E-state index in [9.17, 15) is 13.2 Å². The molecule has 0 amide bonds. The molecule has 0 saturated carbocycles. The van der Waals surface area contributed by atoms with Gasteiger partial charge in [-0.15, -0.1) is 5.10 Å². The van der Waals surface area contributed by atoms with E-state index < -0.39 is 11.7 Å². The summed E-state index contributed by atoms with van der Waals surface area (Å²) in [4.78, 5) is 8.30. The zero-order valence-electron chi connectivity index (χ0n) is 13.9. The lowest BCUT2D eigenvalue weighted by Crippen LogP contribution is -2.34. The molecule has 0 bridgehead atoms. The number of rotatable bonds is 4. The number of hydrogen-bond acceptors (Lipinski definition) is 6. The Labute approximate surface area is 146 Å². The maximum atomic E-state index is 13.0. The number of methoxy groups -OCH3 is 1. The normalized spacial score (nSPS) is 14.5. The highest BCUT2D eigenvalue weighted by Gasteiger charge is 2.31. The molecule has 0 saturated heterocycles. The Morgan fingerprint density at radius 2 is 2.04 bits per heavy atom. The molecule has 2 aromatic rings. The molecule has 136 valence electrons. The van der Waals surface area contributed by atoms with Crippen LogP contribution in [-0.4, -0.2) is 27.7 Å². The van der Waals surface area contributed by atoms with Crippen molar-refractivity contribution in [3.05, 3.63) is 48.1 Å². The molecule has 2 heterocycles. The summed E-state index contributed by atoms with van der Waals surface area (Å²) in [6.45, 7) is 1.79. The molecule has 10 heteroatoms. The summed E-state index contributed by atoms with van der Waals surface area (Å²) >= 11 is 0. The SMILES string of the molecule is COc1cc(-c2ncn(/C=C\C3=CNNC(C)=N3)n2)cc(C(F)(F)F)c1. The number of nitrogens with one attached hydrogen (secondary N) is 2. The molecule has 26 heavy (non-hydrogen) atoms. The molecule has 1 aliphatic rings. The van der Waals surface area contributed by atoms with Gasteiger partial charge in [0.25, 0.3) is 0 Å². The van der Waals surface area contributed by atoms with Crippen molar-refractivity contribution in [1.82, 2.24) is 25.6 Å². The van der Waals surface area contributed by atoms with Crippen LogP contribution in [0.1, 0.15) is 12.5 Å². The van der Waals surface area contributed by atoms with Crippen molar-refractivity contribution in [2.75, 3.05) is 7.11 Å². The number of halogens is 3. The van der Waals surface area contributed by atoms with E-state index in [0.29, 0.717) is 11.5 Å². The summed E-state index contributed by atoms with van der Waals surface area (Å²) in [5, 5.41) is 4.17. The first-order chi connectivity index (χ1) is 12.3. The third-order valence-corrected chi connectivity index (χ3v) is 3.40. The van der Waals surface area contributed by atoms with Crippen molar-refractivity contribution in [3.8, 4) is 17.1 Å². The van der Waals surface area contributed by atoms with Gasteiger partial charge in [-0.1, -0.05) is 0 Å². The van der Waals surface area contributed by atoms with Gasteiger partial charge in [-0.25, -0.2) is 14.7 Å². The number of alkyl halides is 3. The molecule has 0 radical (unpaired) electrons. The van der Waals surface area contributed by atoms with E-state index in [1.165, 1.54) is 24.2 Å². The quantitative estimate of drug-likeness (QED) is 0.873. The summed E-state index contributed by atoms with van der Waals surface area (Å²) in [7, 11) is 1.30. The summed E-state index contributed by atoms with van der Waals surface area (Å²) in [6, 6.07) is 3.36. The largest absolute Gasteiger partial charge is 0.497 e. The highest BCUT2D eigenvalue weighted by atomic mass is 19.4. The third kappa shape index (κ3) is 4.02. The minimum Gasteiger partial charge on any atom is -0.497 e. The Hall–Kier alpha value is -3.30. The van der Waals surface area contributed by atoms with E-state index in [2.05, 4.69) is 25.9 Å². The number of benzene rings is 1. The number of amidine groups is 1. The maximum absolute atomic E-state index is 13.0. The van der Waals surface area contributed by atoms with Gasteiger partial charge in [-0.3, -0.25) is 5.43 Å². The molecule has 0 unspecified atom stereocenters. The molecule has 2 N–H and O–H groups in total. The molecule has 0 spiro atoms. The van der Waals surface area contributed by atoms with Crippen LogP contribution in [-0.2, 0) is 6.18 Å². The average molecular weight is 364 g/mol. The Morgan fingerprint density at radius 1 is 1.23 bits per heavy atom. The molecule has 0 fully saturated rings. The Bertz CT molecular complexity index is 898. The van der Waals surface area contributed by atoms with Gasteiger partial charge < -0.3 is 10.2 Å². The standard InChI is InChI=1S/C16H15F3N6O/c1-10-22-13(8-21-23-10)3-4-25-9-20-15(24-25)11-5-12(16(17,18)19)7-14(6-11)26-2/h3-9,21H,1-2H3,(H,22,23)/b4-3-. The van der Waals surface area contributed by atoms with E-state index in [4.69, 9.17) is 4.74 Å². The van der Waals surface area contributed by atoms with Crippen LogP contribution >= 0.6 is 0 Å². The maximum Gasteiger partial charge on any atom is 0.416 e. The molecule has 1 aliphatic heterocycles. The van der Waals surface area contributed by atoms with Crippen LogP contribution in [0.25, 0.3) is 17.6 Å². The van der Waals surface area contributed by atoms with Crippen molar-refractivity contribution >= 4 is 12.0 Å². The van der Waals surface area contributed by atoms with E-state index >= 15 is 0 Å². The van der Waals surface area contributed by atoms with Crippen molar-refractivity contribution in [2.45, 2.75) is 13.1 Å². The molecule has 0 aliphatic carbocycles. The number of aromatic nitrogens is 3. The first-order valence-corrected chi connectivity index (χ1v) is 7.48. The topological polar surface area (TPSA) is 76.4 Å². The van der Waals surface area contributed by atoms with Crippen molar-refractivity contribution in [1.29, 1.82) is 0 Å². The third-order valence-electron chi connectivity index (χ3n) is 3.40. The van der Waals surface area contributed by atoms with Gasteiger partial charge in [-0.05, 0) is 31.2 Å². The van der Waals surface area contributed by atoms with Crippen LogP contribution < -0.4 is 15.6 Å². The monoisotopic (exact) mass is 364 g/mol. The highest BCUT2D eigenvalue weighted by Crippen LogP contribution is 2.34. The number of aliphatic imine (C=N–C) groups is 1. The van der Waals surface area contributed by atoms with Gasteiger partial charge in [0, 0.05) is 18.0 Å². The minimum absolute atomic E-state index is 0.0810. The highest BCUT2D eigenvalue weighted by molar-refractivity contribution is 5.81. The van der Waals surface area contributed by atoms with Gasteiger partial charge in [-0.2, -0.15) is 13.2 Å². The first kappa shape index (κ1) is 17.5. The summed E-state index contributed by atoms with van der Waals surface area (Å²) in [6.07, 6.45) is 1.83. The van der Waals surface area contributed by atoms with Crippen LogP contribution in [0.4, 0.5) is 13.2 Å². The smallest absolute Gasteiger partial charge is 0.416 e. The minimum atomic E-state index is -4.49. The van der Waals surface area contributed by atoms with Gasteiger partial charge in [0.2, 0.25) is 0 Å². The van der Waals surface area contributed by atoms with E-state index in [0.717, 1.165) is 12.1 Å². The Kier molecular flexibility index (Phi) is 4.65. The zero-order chi connectivity index (χ0) is 18.7. The van der Waals surface area contributed by atoms with Gasteiger partial charge in [0.05, 0.1) is 18.4 Å². The fourth-order valence-electron chi connectivity index (χ4n) is 2.20. The fourth-order valence-corrected chi connectivity index (χ4v) is 2.20. The fraction of sp³-hybridized carbons (Fsp3) is 0.188. The van der Waals surface area contributed by atoms with Crippen LogP contribution in [0.15, 0.2) is 47.5 Å². The number of hydrogen-bond donors (Lipinski definition) is 2. The predicted molar refractivity (Wildman–Crippen MR) is 89.8 cm³/mol. The lowest BCUT2D eigenvalue weighted by molar-refractivity contribution is -0.137. The Morgan fingerprint density at radius 3 is 2.73 bits per heavy atom. The van der Waals surface area contributed by atoms with E-state index in [1.54, 1.807) is 25.4 Å². The second-order valence-electron chi connectivity index (χ2n) is 5.35. The number of ether oxygens (including phenoxy) is 1. The van der Waals surface area contributed by atoms with Gasteiger partial charge in [0.1, 0.15) is 17.9 Å². The van der Waals surface area contributed by atoms with Crippen LogP contribution in [0.3, 0.4) is 0 Å². The zero-order valence-corrected chi connectivity index (χ0v) is 13.9. The molecule has 7 nitrogen and oxygen atoms in total.